The Morgan fingerprint density at radius 3 is 2.68 bits per heavy atom. The molecule has 0 radical (unpaired) electrons. The van der Waals surface area contributed by atoms with Gasteiger partial charge in [-0.25, -0.2) is 0 Å². The van der Waals surface area contributed by atoms with Crippen LogP contribution in [-0.2, 0) is 6.42 Å². The lowest BCUT2D eigenvalue weighted by Gasteiger charge is -2.14. The lowest BCUT2D eigenvalue weighted by atomic mass is 10.0. The van der Waals surface area contributed by atoms with Gasteiger partial charge in [0, 0.05) is 15.1 Å². The molecule has 0 aliphatic rings. The standard InChI is InChI=1S/C15H13BrCl2O/c1-19-15-9-11(16)5-6-13(15)14(18)8-10-3-2-4-12(17)7-10/h2-7,9,14H,8H2,1H3. The van der Waals surface area contributed by atoms with E-state index in [1.54, 1.807) is 7.11 Å². The summed E-state index contributed by atoms with van der Waals surface area (Å²) in [5.41, 5.74) is 2.09. The Labute approximate surface area is 131 Å². The summed E-state index contributed by atoms with van der Waals surface area (Å²) in [6, 6.07) is 13.6. The third kappa shape index (κ3) is 3.88. The fourth-order valence-electron chi connectivity index (χ4n) is 1.92. The van der Waals surface area contributed by atoms with Crippen molar-refractivity contribution in [3.05, 3.63) is 63.1 Å². The van der Waals surface area contributed by atoms with Crippen LogP contribution in [0, 0.1) is 0 Å². The van der Waals surface area contributed by atoms with Gasteiger partial charge in [-0.15, -0.1) is 11.6 Å². The Balaban J connectivity index is 2.22. The maximum Gasteiger partial charge on any atom is 0.124 e. The summed E-state index contributed by atoms with van der Waals surface area (Å²) in [7, 11) is 1.65. The molecule has 2 aromatic carbocycles. The predicted molar refractivity (Wildman–Crippen MR) is 84.4 cm³/mol. The zero-order chi connectivity index (χ0) is 13.8. The van der Waals surface area contributed by atoms with Crippen molar-refractivity contribution < 1.29 is 4.74 Å². The van der Waals surface area contributed by atoms with E-state index in [-0.39, 0.29) is 5.38 Å². The molecule has 4 heteroatoms. The minimum absolute atomic E-state index is 0.151. The minimum atomic E-state index is -0.151. The first-order valence-electron chi connectivity index (χ1n) is 5.82. The fraction of sp³-hybridized carbons (Fsp3) is 0.200. The zero-order valence-corrected chi connectivity index (χ0v) is 13.5. The summed E-state index contributed by atoms with van der Waals surface area (Å²) in [4.78, 5) is 0. The molecule has 1 unspecified atom stereocenters. The fourth-order valence-corrected chi connectivity index (χ4v) is 2.84. The topological polar surface area (TPSA) is 9.23 Å². The number of rotatable bonds is 4. The van der Waals surface area contributed by atoms with Gasteiger partial charge in [0.15, 0.2) is 0 Å². The van der Waals surface area contributed by atoms with E-state index in [0.717, 1.165) is 26.4 Å². The highest BCUT2D eigenvalue weighted by molar-refractivity contribution is 9.10. The predicted octanol–water partition coefficient (Wildman–Crippen LogP) is 5.63. The smallest absolute Gasteiger partial charge is 0.124 e. The average Bonchev–Trinajstić information content (AvgIpc) is 2.38. The van der Waals surface area contributed by atoms with Crippen LogP contribution in [0.1, 0.15) is 16.5 Å². The van der Waals surface area contributed by atoms with Crippen molar-refractivity contribution in [2.24, 2.45) is 0 Å². The van der Waals surface area contributed by atoms with E-state index in [4.69, 9.17) is 27.9 Å². The van der Waals surface area contributed by atoms with Crippen LogP contribution in [0.25, 0.3) is 0 Å². The number of ether oxygens (including phenoxy) is 1. The summed E-state index contributed by atoms with van der Waals surface area (Å²) >= 11 is 15.9. The average molecular weight is 360 g/mol. The molecule has 0 bridgehead atoms. The van der Waals surface area contributed by atoms with E-state index in [2.05, 4.69) is 15.9 Å². The monoisotopic (exact) mass is 358 g/mol. The van der Waals surface area contributed by atoms with E-state index < -0.39 is 0 Å². The molecule has 19 heavy (non-hydrogen) atoms. The van der Waals surface area contributed by atoms with E-state index in [1.165, 1.54) is 0 Å². The van der Waals surface area contributed by atoms with Crippen LogP contribution >= 0.6 is 39.1 Å². The van der Waals surface area contributed by atoms with Crippen LogP contribution in [0.4, 0.5) is 0 Å². The van der Waals surface area contributed by atoms with Crippen molar-refractivity contribution in [2.75, 3.05) is 7.11 Å². The molecule has 0 spiro atoms. The van der Waals surface area contributed by atoms with Gasteiger partial charge in [0.25, 0.3) is 0 Å². The Kier molecular flexibility index (Phi) is 5.14. The third-order valence-corrected chi connectivity index (χ3v) is 3.95. The number of alkyl halides is 1. The quantitative estimate of drug-likeness (QED) is 0.642. The lowest BCUT2D eigenvalue weighted by molar-refractivity contribution is 0.408. The van der Waals surface area contributed by atoms with Crippen molar-refractivity contribution in [2.45, 2.75) is 11.8 Å². The minimum Gasteiger partial charge on any atom is -0.496 e. The van der Waals surface area contributed by atoms with Gasteiger partial charge in [-0.2, -0.15) is 0 Å². The molecule has 0 aromatic heterocycles. The van der Waals surface area contributed by atoms with Crippen LogP contribution in [0.2, 0.25) is 5.02 Å². The number of hydrogen-bond donors (Lipinski definition) is 0. The molecular formula is C15H13BrCl2O. The molecule has 0 N–H and O–H groups in total. The van der Waals surface area contributed by atoms with Gasteiger partial charge in [0.1, 0.15) is 5.75 Å². The molecule has 0 saturated carbocycles. The third-order valence-electron chi connectivity index (χ3n) is 2.84. The number of hydrogen-bond acceptors (Lipinski definition) is 1. The lowest BCUT2D eigenvalue weighted by Crippen LogP contribution is -1.99. The molecule has 0 fully saturated rings. The van der Waals surface area contributed by atoms with Crippen LogP contribution in [0.3, 0.4) is 0 Å². The van der Waals surface area contributed by atoms with Gasteiger partial charge in [-0.3, -0.25) is 0 Å². The van der Waals surface area contributed by atoms with Gasteiger partial charge in [-0.1, -0.05) is 45.7 Å². The molecule has 100 valence electrons. The van der Waals surface area contributed by atoms with Crippen molar-refractivity contribution in [1.82, 2.24) is 0 Å². The maximum atomic E-state index is 6.49. The summed E-state index contributed by atoms with van der Waals surface area (Å²) in [6.45, 7) is 0. The molecule has 1 atom stereocenters. The second-order valence-corrected chi connectivity index (χ2v) is 6.07. The summed E-state index contributed by atoms with van der Waals surface area (Å²) in [5, 5.41) is 0.575. The molecule has 0 aliphatic carbocycles. The highest BCUT2D eigenvalue weighted by atomic mass is 79.9. The zero-order valence-electron chi connectivity index (χ0n) is 10.4. The van der Waals surface area contributed by atoms with Gasteiger partial charge >= 0.3 is 0 Å². The molecule has 2 aromatic rings. The van der Waals surface area contributed by atoms with Crippen molar-refractivity contribution >= 4 is 39.1 Å². The summed E-state index contributed by atoms with van der Waals surface area (Å²) < 4.78 is 6.34. The van der Waals surface area contributed by atoms with Gasteiger partial charge in [-0.05, 0) is 36.2 Å². The second-order valence-electron chi connectivity index (χ2n) is 4.19. The van der Waals surface area contributed by atoms with Crippen LogP contribution in [0.5, 0.6) is 5.75 Å². The van der Waals surface area contributed by atoms with Gasteiger partial charge < -0.3 is 4.74 Å². The molecule has 0 aliphatic heterocycles. The van der Waals surface area contributed by atoms with Crippen molar-refractivity contribution in [1.29, 1.82) is 0 Å². The van der Waals surface area contributed by atoms with E-state index in [1.807, 2.05) is 42.5 Å². The number of benzene rings is 2. The second kappa shape index (κ2) is 6.65. The van der Waals surface area contributed by atoms with Crippen LogP contribution < -0.4 is 4.74 Å². The summed E-state index contributed by atoms with van der Waals surface area (Å²) in [5.74, 6) is 0.788. The van der Waals surface area contributed by atoms with Crippen LogP contribution in [-0.4, -0.2) is 7.11 Å². The highest BCUT2D eigenvalue weighted by Crippen LogP contribution is 2.34. The molecule has 0 amide bonds. The highest BCUT2D eigenvalue weighted by Gasteiger charge is 2.14. The Morgan fingerprint density at radius 2 is 2.00 bits per heavy atom. The number of methoxy groups -OCH3 is 1. The Morgan fingerprint density at radius 1 is 1.21 bits per heavy atom. The Bertz CT molecular complexity index is 572. The van der Waals surface area contributed by atoms with Crippen molar-refractivity contribution in [3.63, 3.8) is 0 Å². The molecule has 2 rings (SSSR count). The first-order chi connectivity index (χ1) is 9.10. The van der Waals surface area contributed by atoms with E-state index in [9.17, 15) is 0 Å². The molecule has 0 saturated heterocycles. The van der Waals surface area contributed by atoms with Gasteiger partial charge in [0.2, 0.25) is 0 Å². The summed E-state index contributed by atoms with van der Waals surface area (Å²) in [6.07, 6.45) is 0.708. The first-order valence-corrected chi connectivity index (χ1v) is 7.43. The number of halogens is 3. The molecular weight excluding hydrogens is 347 g/mol. The van der Waals surface area contributed by atoms with Crippen LogP contribution in [0.15, 0.2) is 46.9 Å². The first kappa shape index (κ1) is 14.7. The van der Waals surface area contributed by atoms with Crippen molar-refractivity contribution in [3.8, 4) is 5.75 Å². The Hall–Kier alpha value is -0.700. The largest absolute Gasteiger partial charge is 0.496 e. The van der Waals surface area contributed by atoms with Gasteiger partial charge in [0.05, 0.1) is 12.5 Å². The maximum absolute atomic E-state index is 6.49. The normalized spacial score (nSPS) is 12.2. The van der Waals surface area contributed by atoms with E-state index in [0.29, 0.717) is 6.42 Å². The SMILES string of the molecule is COc1cc(Br)ccc1C(Cl)Cc1cccc(Cl)c1. The molecule has 1 nitrogen and oxygen atoms in total. The van der Waals surface area contributed by atoms with E-state index >= 15 is 0 Å². The molecule has 0 heterocycles.